The maximum Gasteiger partial charge on any atom is 0.225 e. The van der Waals surface area contributed by atoms with E-state index in [2.05, 4.69) is 65.2 Å². The summed E-state index contributed by atoms with van der Waals surface area (Å²) in [6.45, 7) is 16.3. The van der Waals surface area contributed by atoms with Crippen LogP contribution in [-0.4, -0.2) is 36.1 Å². The van der Waals surface area contributed by atoms with Gasteiger partial charge in [-0.1, -0.05) is 32.6 Å². The second-order valence-corrected chi connectivity index (χ2v) is 8.77. The molecule has 2 aromatic rings. The minimum absolute atomic E-state index is 0.0903. The van der Waals surface area contributed by atoms with E-state index < -0.39 is 0 Å². The van der Waals surface area contributed by atoms with E-state index in [1.165, 1.54) is 24.3 Å². The molecule has 1 aromatic heterocycles. The highest BCUT2D eigenvalue weighted by atomic mass is 19.1. The zero-order valence-electron chi connectivity index (χ0n) is 20.0. The lowest BCUT2D eigenvalue weighted by molar-refractivity contribution is 0.479. The van der Waals surface area contributed by atoms with Crippen LogP contribution < -0.4 is 21.3 Å². The Kier molecular flexibility index (Phi) is 7.87. The average molecular weight is 451 g/mol. The molecule has 0 spiro atoms. The van der Waals surface area contributed by atoms with Gasteiger partial charge >= 0.3 is 0 Å². The highest BCUT2D eigenvalue weighted by molar-refractivity contribution is 5.76. The van der Waals surface area contributed by atoms with Crippen molar-refractivity contribution in [2.75, 3.05) is 30.4 Å². The first-order chi connectivity index (χ1) is 15.9. The summed E-state index contributed by atoms with van der Waals surface area (Å²) >= 11 is 0. The molecule has 2 aliphatic rings. The Balaban J connectivity index is 0.00000149. The highest BCUT2D eigenvalue weighted by Crippen LogP contribution is 2.36. The van der Waals surface area contributed by atoms with Crippen molar-refractivity contribution in [1.82, 2.24) is 15.3 Å². The number of rotatable bonds is 8. The van der Waals surface area contributed by atoms with Gasteiger partial charge in [-0.3, -0.25) is 0 Å². The van der Waals surface area contributed by atoms with Crippen molar-refractivity contribution in [3.05, 3.63) is 78.2 Å². The number of fused-ring (bicyclic) bond motifs is 1. The third-order valence-electron chi connectivity index (χ3n) is 6.17. The summed E-state index contributed by atoms with van der Waals surface area (Å²) < 4.78 is 13.7. The lowest BCUT2D eigenvalue weighted by atomic mass is 9.92. The number of nitrogens with zero attached hydrogens (tertiary/aromatic N) is 3. The molecule has 7 heteroatoms. The summed E-state index contributed by atoms with van der Waals surface area (Å²) in [6.07, 6.45) is 6.35. The Morgan fingerprint density at radius 1 is 1.24 bits per heavy atom. The molecule has 1 fully saturated rings. The van der Waals surface area contributed by atoms with E-state index in [-0.39, 0.29) is 11.9 Å². The van der Waals surface area contributed by atoms with E-state index in [9.17, 15) is 4.39 Å². The number of allylic oxidation sites excluding steroid dienone is 1. The number of anilines is 2. The predicted molar refractivity (Wildman–Crippen MR) is 135 cm³/mol. The smallest absolute Gasteiger partial charge is 0.225 e. The fourth-order valence-corrected chi connectivity index (χ4v) is 4.33. The normalized spacial score (nSPS) is 15.9. The first-order valence-electron chi connectivity index (χ1n) is 11.3. The standard InChI is InChI=1S/C25H30FN5.CH5N/c1-6-18-13-31(14-18)25-27-11-21(12-28-25)29-17(5)30-24(15(2)3)23-9-19-7-8-20(26)10-22(19)16(23)4;1-2/h6-8,10-12,15,18,24,29-30H,1,5,9,13-14H2,2-4H3;2H2,1H3. The van der Waals surface area contributed by atoms with Gasteiger partial charge in [-0.15, -0.1) is 6.58 Å². The molecule has 0 radical (unpaired) electrons. The Hall–Kier alpha value is -3.19. The maximum atomic E-state index is 13.7. The van der Waals surface area contributed by atoms with Crippen LogP contribution in [0.3, 0.4) is 0 Å². The number of aromatic nitrogens is 2. The zero-order chi connectivity index (χ0) is 24.1. The molecular weight excluding hydrogens is 415 g/mol. The Morgan fingerprint density at radius 3 is 2.52 bits per heavy atom. The van der Waals surface area contributed by atoms with Crippen LogP contribution in [0.1, 0.15) is 31.9 Å². The Labute approximate surface area is 196 Å². The van der Waals surface area contributed by atoms with E-state index >= 15 is 0 Å². The van der Waals surface area contributed by atoms with Gasteiger partial charge in [-0.25, -0.2) is 14.4 Å². The molecule has 1 aliphatic heterocycles. The number of halogens is 1. The van der Waals surface area contributed by atoms with E-state index in [1.807, 2.05) is 12.1 Å². The van der Waals surface area contributed by atoms with Crippen LogP contribution >= 0.6 is 0 Å². The van der Waals surface area contributed by atoms with Crippen LogP contribution in [0.15, 0.2) is 61.2 Å². The van der Waals surface area contributed by atoms with E-state index in [0.29, 0.717) is 17.7 Å². The number of hydrogen-bond donors (Lipinski definition) is 3. The molecule has 4 N–H and O–H groups in total. The largest absolute Gasteiger partial charge is 0.365 e. The van der Waals surface area contributed by atoms with Crippen molar-refractivity contribution in [3.8, 4) is 0 Å². The lowest BCUT2D eigenvalue weighted by Gasteiger charge is -2.37. The molecule has 1 aromatic carbocycles. The monoisotopic (exact) mass is 450 g/mol. The van der Waals surface area contributed by atoms with Crippen molar-refractivity contribution in [2.24, 2.45) is 17.6 Å². The number of hydrogen-bond acceptors (Lipinski definition) is 6. The molecule has 1 unspecified atom stereocenters. The Morgan fingerprint density at radius 2 is 1.91 bits per heavy atom. The minimum Gasteiger partial charge on any atom is -0.365 e. The molecule has 4 rings (SSSR count). The topological polar surface area (TPSA) is 79.1 Å². The predicted octanol–water partition coefficient (Wildman–Crippen LogP) is 4.34. The van der Waals surface area contributed by atoms with E-state index in [4.69, 9.17) is 0 Å². The SMILES string of the molecule is C=CC1CN(c2ncc(NC(=C)NC(C3=C(C)c4cc(F)ccc4C3)C(C)C)cn2)C1.CN. The molecule has 1 saturated heterocycles. The van der Waals surface area contributed by atoms with Crippen LogP contribution in [0, 0.1) is 17.7 Å². The van der Waals surface area contributed by atoms with Gasteiger partial charge in [-0.2, -0.15) is 0 Å². The molecule has 0 amide bonds. The van der Waals surface area contributed by atoms with Gasteiger partial charge in [0.1, 0.15) is 5.82 Å². The quantitative estimate of drug-likeness (QED) is 0.519. The second-order valence-electron chi connectivity index (χ2n) is 8.77. The molecule has 176 valence electrons. The first-order valence-corrected chi connectivity index (χ1v) is 11.3. The summed E-state index contributed by atoms with van der Waals surface area (Å²) in [6, 6.07) is 5.15. The number of benzene rings is 1. The molecule has 0 saturated carbocycles. The third kappa shape index (κ3) is 5.42. The van der Waals surface area contributed by atoms with E-state index in [0.717, 1.165) is 42.3 Å². The minimum atomic E-state index is -0.193. The van der Waals surface area contributed by atoms with Crippen LogP contribution in [-0.2, 0) is 6.42 Å². The Bertz CT molecular complexity index is 1020. The maximum absolute atomic E-state index is 13.7. The molecule has 1 aliphatic carbocycles. The van der Waals surface area contributed by atoms with Gasteiger partial charge < -0.3 is 21.3 Å². The highest BCUT2D eigenvalue weighted by Gasteiger charge is 2.28. The van der Waals surface area contributed by atoms with Crippen LogP contribution in [0.4, 0.5) is 16.0 Å². The van der Waals surface area contributed by atoms with Gasteiger partial charge in [0.25, 0.3) is 0 Å². The summed E-state index contributed by atoms with van der Waals surface area (Å²) in [5.74, 6) is 2.09. The summed E-state index contributed by atoms with van der Waals surface area (Å²) in [7, 11) is 1.50. The van der Waals surface area contributed by atoms with Crippen molar-refractivity contribution >= 4 is 17.2 Å². The van der Waals surface area contributed by atoms with Crippen LogP contribution in [0.5, 0.6) is 0 Å². The van der Waals surface area contributed by atoms with Crippen molar-refractivity contribution < 1.29 is 4.39 Å². The molecular formula is C26H35FN6. The number of nitrogens with one attached hydrogen (secondary N) is 2. The summed E-state index contributed by atoms with van der Waals surface area (Å²) in [5, 5.41) is 6.80. The molecule has 6 nitrogen and oxygen atoms in total. The second kappa shape index (κ2) is 10.6. The average Bonchev–Trinajstić information content (AvgIpc) is 3.09. The molecule has 2 heterocycles. The van der Waals surface area contributed by atoms with Crippen LogP contribution in [0.2, 0.25) is 0 Å². The lowest BCUT2D eigenvalue weighted by Crippen LogP contribution is -2.46. The molecule has 0 bridgehead atoms. The van der Waals surface area contributed by atoms with Gasteiger partial charge in [0.05, 0.1) is 29.9 Å². The molecule has 33 heavy (non-hydrogen) atoms. The summed E-state index contributed by atoms with van der Waals surface area (Å²) in [5.41, 5.74) is 9.89. The summed E-state index contributed by atoms with van der Waals surface area (Å²) in [4.78, 5) is 11.1. The first kappa shape index (κ1) is 24.5. The fourth-order valence-electron chi connectivity index (χ4n) is 4.33. The van der Waals surface area contributed by atoms with Gasteiger partial charge in [0.15, 0.2) is 0 Å². The number of nitrogens with two attached hydrogens (primary N) is 1. The zero-order valence-corrected chi connectivity index (χ0v) is 20.0. The van der Waals surface area contributed by atoms with Gasteiger partial charge in [-0.05, 0) is 60.7 Å². The van der Waals surface area contributed by atoms with Crippen LogP contribution in [0.25, 0.3) is 5.57 Å². The molecule has 1 atom stereocenters. The van der Waals surface area contributed by atoms with Crippen molar-refractivity contribution in [2.45, 2.75) is 33.2 Å². The van der Waals surface area contributed by atoms with E-state index in [1.54, 1.807) is 18.5 Å². The van der Waals surface area contributed by atoms with Gasteiger partial charge in [0, 0.05) is 19.0 Å². The fraction of sp³-hybridized carbons (Fsp3) is 0.385. The van der Waals surface area contributed by atoms with Gasteiger partial charge in [0.2, 0.25) is 5.95 Å². The third-order valence-corrected chi connectivity index (χ3v) is 6.17. The van der Waals surface area contributed by atoms with Crippen molar-refractivity contribution in [1.29, 1.82) is 0 Å². The van der Waals surface area contributed by atoms with Crippen molar-refractivity contribution in [3.63, 3.8) is 0 Å².